The SMILES string of the molecule is O=C1OC(CCN2CCC(Cc3cc(F)ccc3Br)CC2)CN1Cc1ccccc1. The lowest BCUT2D eigenvalue weighted by molar-refractivity contribution is 0.113. The second-order valence-electron chi connectivity index (χ2n) is 8.39. The third-order valence-corrected chi connectivity index (χ3v) is 6.93. The minimum Gasteiger partial charge on any atom is -0.444 e. The van der Waals surface area contributed by atoms with Crippen molar-refractivity contribution in [3.05, 3.63) is 69.9 Å². The van der Waals surface area contributed by atoms with Crippen LogP contribution in [0.1, 0.15) is 30.4 Å². The summed E-state index contributed by atoms with van der Waals surface area (Å²) in [6.45, 7) is 4.32. The Balaban J connectivity index is 1.19. The molecule has 2 aromatic carbocycles. The van der Waals surface area contributed by atoms with E-state index in [9.17, 15) is 9.18 Å². The summed E-state index contributed by atoms with van der Waals surface area (Å²) >= 11 is 3.54. The van der Waals surface area contributed by atoms with Crippen LogP contribution in [-0.2, 0) is 17.7 Å². The summed E-state index contributed by atoms with van der Waals surface area (Å²) in [4.78, 5) is 16.4. The molecule has 0 spiro atoms. The van der Waals surface area contributed by atoms with Crippen molar-refractivity contribution >= 4 is 22.0 Å². The zero-order valence-corrected chi connectivity index (χ0v) is 18.7. The number of hydrogen-bond acceptors (Lipinski definition) is 3. The van der Waals surface area contributed by atoms with Crippen LogP contribution in [-0.4, -0.2) is 48.2 Å². The van der Waals surface area contributed by atoms with E-state index < -0.39 is 0 Å². The number of rotatable bonds is 7. The smallest absolute Gasteiger partial charge is 0.410 e. The molecule has 2 aromatic rings. The highest BCUT2D eigenvalue weighted by Crippen LogP contribution is 2.27. The number of benzene rings is 2. The second kappa shape index (κ2) is 9.92. The van der Waals surface area contributed by atoms with E-state index in [1.54, 1.807) is 17.0 Å². The Kier molecular flexibility index (Phi) is 7.05. The normalized spacial score (nSPS) is 20.5. The van der Waals surface area contributed by atoms with Gasteiger partial charge >= 0.3 is 6.09 Å². The monoisotopic (exact) mass is 474 g/mol. The fourth-order valence-electron chi connectivity index (χ4n) is 4.41. The number of ether oxygens (including phenoxy) is 1. The van der Waals surface area contributed by atoms with Crippen LogP contribution in [0.4, 0.5) is 9.18 Å². The van der Waals surface area contributed by atoms with E-state index in [0.29, 0.717) is 19.0 Å². The lowest BCUT2D eigenvalue weighted by atomic mass is 9.90. The van der Waals surface area contributed by atoms with Gasteiger partial charge in [-0.05, 0) is 74.0 Å². The molecule has 0 radical (unpaired) electrons. The Labute approximate surface area is 186 Å². The molecule has 2 fully saturated rings. The Morgan fingerprint density at radius 1 is 1.10 bits per heavy atom. The Bertz CT molecular complexity index is 856. The zero-order chi connectivity index (χ0) is 20.9. The van der Waals surface area contributed by atoms with Gasteiger partial charge in [-0.1, -0.05) is 46.3 Å². The predicted molar refractivity (Wildman–Crippen MR) is 119 cm³/mol. The molecule has 0 bridgehead atoms. The predicted octanol–water partition coefficient (Wildman–Crippen LogP) is 5.25. The molecule has 30 heavy (non-hydrogen) atoms. The standard InChI is InChI=1S/C24H28BrFN2O2/c25-23-7-6-21(26)15-20(23)14-18-8-11-27(12-9-18)13-10-22-17-28(24(29)30-22)16-19-4-2-1-3-5-19/h1-7,15,18,22H,8-14,16-17H2. The molecule has 0 aromatic heterocycles. The maximum atomic E-state index is 13.5. The average molecular weight is 475 g/mol. The second-order valence-corrected chi connectivity index (χ2v) is 9.24. The summed E-state index contributed by atoms with van der Waals surface area (Å²) in [7, 11) is 0. The highest BCUT2D eigenvalue weighted by Gasteiger charge is 2.31. The number of carbonyl (C=O) groups is 1. The molecular formula is C24H28BrFN2O2. The number of nitrogens with zero attached hydrogens (tertiary/aromatic N) is 2. The zero-order valence-electron chi connectivity index (χ0n) is 17.1. The molecule has 2 saturated heterocycles. The molecule has 2 heterocycles. The summed E-state index contributed by atoms with van der Waals surface area (Å²) in [5.74, 6) is 0.420. The van der Waals surface area contributed by atoms with Gasteiger partial charge in [-0.15, -0.1) is 0 Å². The molecule has 1 amide bonds. The molecule has 4 nitrogen and oxygen atoms in total. The highest BCUT2D eigenvalue weighted by atomic mass is 79.9. The number of piperidine rings is 1. The van der Waals surface area contributed by atoms with Crippen LogP contribution in [0.15, 0.2) is 53.0 Å². The van der Waals surface area contributed by atoms with Gasteiger partial charge < -0.3 is 14.5 Å². The van der Waals surface area contributed by atoms with Crippen LogP contribution in [0.5, 0.6) is 0 Å². The lowest BCUT2D eigenvalue weighted by Gasteiger charge is -2.32. The summed E-state index contributed by atoms with van der Waals surface area (Å²) in [6, 6.07) is 15.0. The van der Waals surface area contributed by atoms with Gasteiger partial charge in [-0.3, -0.25) is 0 Å². The van der Waals surface area contributed by atoms with Crippen LogP contribution in [0.2, 0.25) is 0 Å². The number of cyclic esters (lactones) is 1. The maximum absolute atomic E-state index is 13.5. The van der Waals surface area contributed by atoms with E-state index in [-0.39, 0.29) is 18.0 Å². The lowest BCUT2D eigenvalue weighted by Crippen LogP contribution is -2.36. The fraction of sp³-hybridized carbons (Fsp3) is 0.458. The molecule has 1 unspecified atom stereocenters. The first-order valence-electron chi connectivity index (χ1n) is 10.7. The number of hydrogen-bond donors (Lipinski definition) is 0. The molecule has 2 aliphatic heterocycles. The van der Waals surface area contributed by atoms with E-state index in [2.05, 4.69) is 20.8 Å². The van der Waals surface area contributed by atoms with Crippen molar-refractivity contribution in [2.24, 2.45) is 5.92 Å². The third-order valence-electron chi connectivity index (χ3n) is 6.16. The van der Waals surface area contributed by atoms with Crippen molar-refractivity contribution in [1.29, 1.82) is 0 Å². The van der Waals surface area contributed by atoms with Crippen LogP contribution in [0, 0.1) is 11.7 Å². The summed E-state index contributed by atoms with van der Waals surface area (Å²) in [5.41, 5.74) is 2.19. The van der Waals surface area contributed by atoms with Gasteiger partial charge in [0.2, 0.25) is 0 Å². The first kappa shape index (κ1) is 21.3. The van der Waals surface area contributed by atoms with Crippen LogP contribution >= 0.6 is 15.9 Å². The van der Waals surface area contributed by atoms with Crippen molar-refractivity contribution in [3.8, 4) is 0 Å². The first-order valence-corrected chi connectivity index (χ1v) is 11.5. The minimum atomic E-state index is -0.205. The Morgan fingerprint density at radius 2 is 1.87 bits per heavy atom. The summed E-state index contributed by atoms with van der Waals surface area (Å²) < 4.78 is 20.1. The minimum absolute atomic E-state index is 0.0258. The van der Waals surface area contributed by atoms with E-state index >= 15 is 0 Å². The van der Waals surface area contributed by atoms with Gasteiger partial charge in [0.05, 0.1) is 6.54 Å². The molecule has 0 N–H and O–H groups in total. The third kappa shape index (κ3) is 5.61. The number of likely N-dealkylation sites (tertiary alicyclic amines) is 1. The maximum Gasteiger partial charge on any atom is 0.410 e. The van der Waals surface area contributed by atoms with E-state index in [0.717, 1.165) is 60.9 Å². The van der Waals surface area contributed by atoms with Crippen molar-refractivity contribution < 1.29 is 13.9 Å². The molecule has 0 aliphatic carbocycles. The van der Waals surface area contributed by atoms with Crippen LogP contribution in [0.25, 0.3) is 0 Å². The van der Waals surface area contributed by atoms with Gasteiger partial charge in [-0.25, -0.2) is 9.18 Å². The van der Waals surface area contributed by atoms with E-state index in [1.807, 2.05) is 30.3 Å². The first-order chi connectivity index (χ1) is 14.6. The number of carbonyl (C=O) groups excluding carboxylic acids is 1. The number of amides is 1. The number of halogens is 2. The van der Waals surface area contributed by atoms with Gasteiger partial charge in [0.1, 0.15) is 11.9 Å². The average Bonchev–Trinajstić information content (AvgIpc) is 3.10. The summed E-state index contributed by atoms with van der Waals surface area (Å²) in [5, 5.41) is 0. The van der Waals surface area contributed by atoms with Crippen molar-refractivity contribution in [2.45, 2.75) is 38.3 Å². The molecular weight excluding hydrogens is 447 g/mol. The van der Waals surface area contributed by atoms with Gasteiger partial charge in [0.25, 0.3) is 0 Å². The van der Waals surface area contributed by atoms with E-state index in [4.69, 9.17) is 4.74 Å². The van der Waals surface area contributed by atoms with Crippen LogP contribution < -0.4 is 0 Å². The van der Waals surface area contributed by atoms with Gasteiger partial charge in [-0.2, -0.15) is 0 Å². The van der Waals surface area contributed by atoms with Crippen molar-refractivity contribution in [3.63, 3.8) is 0 Å². The van der Waals surface area contributed by atoms with Crippen molar-refractivity contribution in [1.82, 2.24) is 9.80 Å². The molecule has 6 heteroatoms. The Morgan fingerprint density at radius 3 is 2.63 bits per heavy atom. The Hall–Kier alpha value is -1.92. The molecule has 1 atom stereocenters. The van der Waals surface area contributed by atoms with Gasteiger partial charge in [0.15, 0.2) is 0 Å². The van der Waals surface area contributed by atoms with Crippen LogP contribution in [0.3, 0.4) is 0 Å². The topological polar surface area (TPSA) is 32.8 Å². The highest BCUT2D eigenvalue weighted by molar-refractivity contribution is 9.10. The summed E-state index contributed by atoms with van der Waals surface area (Å²) in [6.07, 6.45) is 3.80. The molecule has 160 valence electrons. The molecule has 4 rings (SSSR count). The van der Waals surface area contributed by atoms with E-state index in [1.165, 1.54) is 6.07 Å². The molecule has 2 aliphatic rings. The van der Waals surface area contributed by atoms with Gasteiger partial charge in [0, 0.05) is 17.6 Å². The largest absolute Gasteiger partial charge is 0.444 e. The quantitative estimate of drug-likeness (QED) is 0.548. The van der Waals surface area contributed by atoms with Crippen molar-refractivity contribution in [2.75, 3.05) is 26.2 Å². The fourth-order valence-corrected chi connectivity index (χ4v) is 4.82. The molecule has 0 saturated carbocycles.